The SMILES string of the molecule is COC(=O)c1cc(C)nc(NC2CCCN(Cc3cccc(OC)c3)C2)n1. The van der Waals surface area contributed by atoms with Crippen LogP contribution in [0.2, 0.25) is 0 Å². The van der Waals surface area contributed by atoms with Gasteiger partial charge in [-0.05, 0) is 50.1 Å². The number of aromatic nitrogens is 2. The number of aryl methyl sites for hydroxylation is 1. The average Bonchev–Trinajstić information content (AvgIpc) is 2.67. The standard InChI is InChI=1S/C20H26N4O3/c1-14-10-18(19(25)27-3)23-20(21-14)22-16-7-5-9-24(13-16)12-15-6-4-8-17(11-15)26-2/h4,6,8,10-11,16H,5,7,9,12-13H2,1-3H3,(H,21,22,23). The predicted octanol–water partition coefficient (Wildman–Crippen LogP) is 2.66. The minimum absolute atomic E-state index is 0.233. The van der Waals surface area contributed by atoms with E-state index in [9.17, 15) is 4.79 Å². The van der Waals surface area contributed by atoms with Gasteiger partial charge in [-0.1, -0.05) is 12.1 Å². The largest absolute Gasteiger partial charge is 0.497 e. The third-order valence-electron chi connectivity index (χ3n) is 4.63. The minimum Gasteiger partial charge on any atom is -0.497 e. The molecular weight excluding hydrogens is 344 g/mol. The molecule has 27 heavy (non-hydrogen) atoms. The van der Waals surface area contributed by atoms with E-state index in [-0.39, 0.29) is 11.7 Å². The van der Waals surface area contributed by atoms with Crippen molar-refractivity contribution in [2.24, 2.45) is 0 Å². The molecule has 3 rings (SSSR count). The number of nitrogens with zero attached hydrogens (tertiary/aromatic N) is 3. The molecule has 1 unspecified atom stereocenters. The van der Waals surface area contributed by atoms with E-state index in [4.69, 9.17) is 9.47 Å². The molecule has 1 N–H and O–H groups in total. The van der Waals surface area contributed by atoms with Crippen molar-refractivity contribution in [2.45, 2.75) is 32.4 Å². The van der Waals surface area contributed by atoms with Gasteiger partial charge < -0.3 is 14.8 Å². The molecule has 144 valence electrons. The maximum Gasteiger partial charge on any atom is 0.356 e. The molecule has 1 aliphatic rings. The lowest BCUT2D eigenvalue weighted by atomic mass is 10.0. The van der Waals surface area contributed by atoms with E-state index >= 15 is 0 Å². The first-order valence-electron chi connectivity index (χ1n) is 9.13. The van der Waals surface area contributed by atoms with Gasteiger partial charge in [-0.3, -0.25) is 4.90 Å². The normalized spacial score (nSPS) is 17.4. The minimum atomic E-state index is -0.452. The highest BCUT2D eigenvalue weighted by Gasteiger charge is 2.21. The van der Waals surface area contributed by atoms with Gasteiger partial charge in [0.25, 0.3) is 0 Å². The van der Waals surface area contributed by atoms with Crippen molar-refractivity contribution in [3.8, 4) is 5.75 Å². The van der Waals surface area contributed by atoms with E-state index in [2.05, 4.69) is 32.3 Å². The molecule has 1 aromatic carbocycles. The zero-order chi connectivity index (χ0) is 19.2. The zero-order valence-electron chi connectivity index (χ0n) is 16.1. The van der Waals surface area contributed by atoms with Crippen molar-refractivity contribution in [3.63, 3.8) is 0 Å². The van der Waals surface area contributed by atoms with Crippen LogP contribution in [-0.4, -0.2) is 54.2 Å². The summed E-state index contributed by atoms with van der Waals surface area (Å²) in [6.07, 6.45) is 2.14. The number of piperidine rings is 1. The molecule has 0 bridgehead atoms. The van der Waals surface area contributed by atoms with Crippen molar-refractivity contribution >= 4 is 11.9 Å². The fourth-order valence-electron chi connectivity index (χ4n) is 3.37. The van der Waals surface area contributed by atoms with Gasteiger partial charge in [0.2, 0.25) is 5.95 Å². The van der Waals surface area contributed by atoms with Gasteiger partial charge in [0.1, 0.15) is 5.75 Å². The lowest BCUT2D eigenvalue weighted by Gasteiger charge is -2.33. The monoisotopic (exact) mass is 370 g/mol. The van der Waals surface area contributed by atoms with Crippen LogP contribution in [0.25, 0.3) is 0 Å². The summed E-state index contributed by atoms with van der Waals surface area (Å²) >= 11 is 0. The number of anilines is 1. The quantitative estimate of drug-likeness (QED) is 0.783. The summed E-state index contributed by atoms with van der Waals surface area (Å²) < 4.78 is 10.1. The Labute approximate surface area is 159 Å². The zero-order valence-corrected chi connectivity index (χ0v) is 16.1. The Morgan fingerprint density at radius 2 is 2.15 bits per heavy atom. The van der Waals surface area contributed by atoms with Crippen LogP contribution in [0.5, 0.6) is 5.75 Å². The van der Waals surface area contributed by atoms with E-state index in [1.807, 2.05) is 19.1 Å². The lowest BCUT2D eigenvalue weighted by molar-refractivity contribution is 0.0593. The highest BCUT2D eigenvalue weighted by Crippen LogP contribution is 2.19. The number of rotatable bonds is 6. The average molecular weight is 370 g/mol. The number of benzene rings is 1. The fourth-order valence-corrected chi connectivity index (χ4v) is 3.37. The van der Waals surface area contributed by atoms with Crippen LogP contribution in [0, 0.1) is 6.92 Å². The molecule has 7 heteroatoms. The molecule has 2 aromatic rings. The van der Waals surface area contributed by atoms with Gasteiger partial charge in [0.15, 0.2) is 5.69 Å². The molecule has 1 aliphatic heterocycles. The second-order valence-corrected chi connectivity index (χ2v) is 6.78. The molecule has 0 radical (unpaired) electrons. The van der Waals surface area contributed by atoms with Crippen LogP contribution in [-0.2, 0) is 11.3 Å². The van der Waals surface area contributed by atoms with Crippen molar-refractivity contribution in [2.75, 3.05) is 32.6 Å². The first kappa shape index (κ1) is 19.1. The Balaban J connectivity index is 1.64. The molecular formula is C20H26N4O3. The van der Waals surface area contributed by atoms with Gasteiger partial charge in [0, 0.05) is 24.8 Å². The number of esters is 1. The van der Waals surface area contributed by atoms with E-state index in [1.54, 1.807) is 13.2 Å². The number of carbonyl (C=O) groups excluding carboxylic acids is 1. The van der Waals surface area contributed by atoms with Crippen LogP contribution in [0.4, 0.5) is 5.95 Å². The summed E-state index contributed by atoms with van der Waals surface area (Å²) in [5.74, 6) is 0.901. The summed E-state index contributed by atoms with van der Waals surface area (Å²) in [6, 6.07) is 10.0. The molecule has 0 aliphatic carbocycles. The fraction of sp³-hybridized carbons (Fsp3) is 0.450. The van der Waals surface area contributed by atoms with Crippen LogP contribution < -0.4 is 10.1 Å². The smallest absolute Gasteiger partial charge is 0.356 e. The van der Waals surface area contributed by atoms with Crippen LogP contribution in [0.15, 0.2) is 30.3 Å². The van der Waals surface area contributed by atoms with Crippen LogP contribution in [0.1, 0.15) is 34.6 Å². The van der Waals surface area contributed by atoms with E-state index in [0.717, 1.165) is 43.9 Å². The molecule has 0 amide bonds. The van der Waals surface area contributed by atoms with Crippen molar-refractivity contribution in [3.05, 3.63) is 47.3 Å². The molecule has 2 heterocycles. The summed E-state index contributed by atoms with van der Waals surface area (Å²) in [5.41, 5.74) is 2.24. The summed E-state index contributed by atoms with van der Waals surface area (Å²) in [5, 5.41) is 3.38. The Bertz CT molecular complexity index is 797. The van der Waals surface area contributed by atoms with E-state index in [0.29, 0.717) is 5.95 Å². The molecule has 7 nitrogen and oxygen atoms in total. The first-order chi connectivity index (χ1) is 13.1. The van der Waals surface area contributed by atoms with Gasteiger partial charge in [-0.25, -0.2) is 14.8 Å². The van der Waals surface area contributed by atoms with Gasteiger partial charge in [0.05, 0.1) is 14.2 Å². The number of hydrogen-bond acceptors (Lipinski definition) is 7. The summed E-state index contributed by atoms with van der Waals surface area (Å²) in [4.78, 5) is 22.9. The van der Waals surface area contributed by atoms with Crippen LogP contribution in [0.3, 0.4) is 0 Å². The number of ether oxygens (including phenoxy) is 2. The van der Waals surface area contributed by atoms with E-state index in [1.165, 1.54) is 12.7 Å². The molecule has 0 saturated carbocycles. The lowest BCUT2D eigenvalue weighted by Crippen LogP contribution is -2.42. The number of likely N-dealkylation sites (tertiary alicyclic amines) is 1. The molecule has 1 saturated heterocycles. The highest BCUT2D eigenvalue weighted by atomic mass is 16.5. The number of methoxy groups -OCH3 is 2. The van der Waals surface area contributed by atoms with Gasteiger partial charge >= 0.3 is 5.97 Å². The third-order valence-corrected chi connectivity index (χ3v) is 4.63. The van der Waals surface area contributed by atoms with E-state index < -0.39 is 5.97 Å². The Morgan fingerprint density at radius 1 is 1.30 bits per heavy atom. The van der Waals surface area contributed by atoms with Gasteiger partial charge in [-0.2, -0.15) is 0 Å². The molecule has 0 spiro atoms. The summed E-state index contributed by atoms with van der Waals surface area (Å²) in [6.45, 7) is 4.66. The second kappa shape index (κ2) is 8.81. The Morgan fingerprint density at radius 3 is 2.93 bits per heavy atom. The number of nitrogens with one attached hydrogen (secondary N) is 1. The predicted molar refractivity (Wildman–Crippen MR) is 103 cm³/mol. The maximum atomic E-state index is 11.8. The molecule has 1 fully saturated rings. The molecule has 1 atom stereocenters. The van der Waals surface area contributed by atoms with Crippen molar-refractivity contribution < 1.29 is 14.3 Å². The third kappa shape index (κ3) is 5.17. The van der Waals surface area contributed by atoms with Crippen molar-refractivity contribution in [1.29, 1.82) is 0 Å². The Kier molecular flexibility index (Phi) is 6.24. The second-order valence-electron chi connectivity index (χ2n) is 6.78. The van der Waals surface area contributed by atoms with Crippen molar-refractivity contribution in [1.82, 2.24) is 14.9 Å². The van der Waals surface area contributed by atoms with Gasteiger partial charge in [-0.15, -0.1) is 0 Å². The number of hydrogen-bond donors (Lipinski definition) is 1. The first-order valence-corrected chi connectivity index (χ1v) is 9.13. The number of carbonyl (C=O) groups is 1. The maximum absolute atomic E-state index is 11.8. The molecule has 1 aromatic heterocycles. The Hall–Kier alpha value is -2.67. The topological polar surface area (TPSA) is 76.6 Å². The summed E-state index contributed by atoms with van der Waals surface area (Å²) in [7, 11) is 3.04. The van der Waals surface area contributed by atoms with Crippen LogP contribution >= 0.6 is 0 Å². The highest BCUT2D eigenvalue weighted by molar-refractivity contribution is 5.87.